The molecule has 0 aliphatic rings. The number of rotatable bonds is 5. The number of benzene rings is 2. The lowest BCUT2D eigenvalue weighted by atomic mass is 10.3. The smallest absolute Gasteiger partial charge is 0.439 e. The molecular formula is C20H18FN3O3. The SMILES string of the molecule is CCCOc1cc(=NC(=O)Oc2ccc(F)cc2)cnn1-c1ccccc1. The zero-order chi connectivity index (χ0) is 19.1. The van der Waals surface area contributed by atoms with Gasteiger partial charge in [0.15, 0.2) is 0 Å². The third-order valence-electron chi connectivity index (χ3n) is 3.48. The summed E-state index contributed by atoms with van der Waals surface area (Å²) < 4.78 is 25.3. The molecule has 0 saturated carbocycles. The molecule has 0 bridgehead atoms. The average Bonchev–Trinajstić information content (AvgIpc) is 2.69. The third-order valence-corrected chi connectivity index (χ3v) is 3.48. The fourth-order valence-electron chi connectivity index (χ4n) is 2.26. The number of hydrogen-bond donors (Lipinski definition) is 0. The molecule has 0 atom stereocenters. The van der Waals surface area contributed by atoms with Gasteiger partial charge >= 0.3 is 6.09 Å². The van der Waals surface area contributed by atoms with E-state index in [0.717, 1.165) is 12.1 Å². The Hall–Kier alpha value is -3.48. The summed E-state index contributed by atoms with van der Waals surface area (Å²) in [7, 11) is 0. The first-order chi connectivity index (χ1) is 13.2. The summed E-state index contributed by atoms with van der Waals surface area (Å²) in [5.41, 5.74) is 0.823. The Bertz CT molecular complexity index is 970. The monoisotopic (exact) mass is 367 g/mol. The number of halogens is 1. The fraction of sp³-hybridized carbons (Fsp3) is 0.150. The fourth-order valence-corrected chi connectivity index (χ4v) is 2.26. The third kappa shape index (κ3) is 5.01. The maximum absolute atomic E-state index is 12.9. The van der Waals surface area contributed by atoms with Gasteiger partial charge in [-0.2, -0.15) is 10.1 Å². The molecule has 7 heteroatoms. The van der Waals surface area contributed by atoms with Crippen LogP contribution < -0.4 is 14.8 Å². The zero-order valence-corrected chi connectivity index (χ0v) is 14.7. The van der Waals surface area contributed by atoms with Gasteiger partial charge in [-0.1, -0.05) is 25.1 Å². The number of amides is 1. The van der Waals surface area contributed by atoms with E-state index in [1.165, 1.54) is 30.5 Å². The normalized spacial score (nSPS) is 11.3. The Morgan fingerprint density at radius 1 is 1.15 bits per heavy atom. The van der Waals surface area contributed by atoms with Gasteiger partial charge in [0, 0.05) is 6.07 Å². The van der Waals surface area contributed by atoms with Crippen molar-refractivity contribution >= 4 is 6.09 Å². The molecule has 0 aliphatic carbocycles. The highest BCUT2D eigenvalue weighted by molar-refractivity contribution is 5.71. The van der Waals surface area contributed by atoms with Crippen LogP contribution in [0.3, 0.4) is 0 Å². The predicted molar refractivity (Wildman–Crippen MR) is 97.3 cm³/mol. The summed E-state index contributed by atoms with van der Waals surface area (Å²) in [6.07, 6.45) is 1.43. The molecule has 0 spiro atoms. The van der Waals surface area contributed by atoms with Gasteiger partial charge in [0.05, 0.1) is 23.8 Å². The van der Waals surface area contributed by atoms with Crippen LogP contribution in [0.4, 0.5) is 9.18 Å². The van der Waals surface area contributed by atoms with Crippen molar-refractivity contribution in [2.45, 2.75) is 13.3 Å². The van der Waals surface area contributed by atoms with E-state index in [-0.39, 0.29) is 5.75 Å². The Labute approximate surface area is 155 Å². The maximum Gasteiger partial charge on any atom is 0.439 e. The first-order valence-corrected chi connectivity index (χ1v) is 8.45. The second-order valence-electron chi connectivity index (χ2n) is 5.58. The van der Waals surface area contributed by atoms with Crippen molar-refractivity contribution in [3.63, 3.8) is 0 Å². The molecule has 0 N–H and O–H groups in total. The molecule has 27 heavy (non-hydrogen) atoms. The summed E-state index contributed by atoms with van der Waals surface area (Å²) in [6.45, 7) is 2.49. The molecule has 0 unspecified atom stereocenters. The van der Waals surface area contributed by atoms with E-state index in [2.05, 4.69) is 10.1 Å². The molecule has 3 rings (SSSR count). The predicted octanol–water partition coefficient (Wildman–Crippen LogP) is 3.90. The molecule has 0 aliphatic heterocycles. The Morgan fingerprint density at radius 3 is 2.59 bits per heavy atom. The van der Waals surface area contributed by atoms with Crippen LogP contribution in [-0.4, -0.2) is 22.5 Å². The standard InChI is InChI=1S/C20H18FN3O3/c1-2-12-26-19-13-16(14-22-24(19)17-6-4-3-5-7-17)23-20(25)27-18-10-8-15(21)9-11-18/h3-11,13-14H,2,12H2,1H3. The molecule has 138 valence electrons. The van der Waals surface area contributed by atoms with Crippen LogP contribution in [-0.2, 0) is 0 Å². The molecule has 0 saturated heterocycles. The van der Waals surface area contributed by atoms with Gasteiger partial charge in [-0.15, -0.1) is 0 Å². The van der Waals surface area contributed by atoms with Gasteiger partial charge in [-0.3, -0.25) is 0 Å². The number of aromatic nitrogens is 2. The summed E-state index contributed by atoms with van der Waals surface area (Å²) in [5, 5.41) is 4.61. The average molecular weight is 367 g/mol. The first kappa shape index (κ1) is 18.3. The molecule has 1 amide bonds. The number of carbonyl (C=O) groups excluding carboxylic acids is 1. The van der Waals surface area contributed by atoms with E-state index < -0.39 is 11.9 Å². The molecule has 1 heterocycles. The lowest BCUT2D eigenvalue weighted by Crippen LogP contribution is -2.16. The van der Waals surface area contributed by atoms with Crippen molar-refractivity contribution in [3.8, 4) is 17.3 Å². The Kier molecular flexibility index (Phi) is 5.94. The van der Waals surface area contributed by atoms with Gasteiger partial charge in [0.1, 0.15) is 11.6 Å². The van der Waals surface area contributed by atoms with Crippen LogP contribution in [0, 0.1) is 5.82 Å². The van der Waals surface area contributed by atoms with Crippen molar-refractivity contribution in [2.24, 2.45) is 4.99 Å². The molecule has 3 aromatic rings. The van der Waals surface area contributed by atoms with E-state index >= 15 is 0 Å². The molecule has 2 aromatic carbocycles. The lowest BCUT2D eigenvalue weighted by molar-refractivity contribution is 0.210. The van der Waals surface area contributed by atoms with Crippen LogP contribution in [0.25, 0.3) is 5.69 Å². The molecule has 1 aromatic heterocycles. The summed E-state index contributed by atoms with van der Waals surface area (Å²) in [6, 6.07) is 16.2. The van der Waals surface area contributed by atoms with E-state index in [4.69, 9.17) is 9.47 Å². The van der Waals surface area contributed by atoms with Crippen LogP contribution in [0.1, 0.15) is 13.3 Å². The van der Waals surface area contributed by atoms with Crippen LogP contribution in [0.5, 0.6) is 11.6 Å². The number of hydrogen-bond acceptors (Lipinski definition) is 4. The molecule has 0 fully saturated rings. The van der Waals surface area contributed by atoms with Crippen molar-refractivity contribution in [1.82, 2.24) is 9.78 Å². The van der Waals surface area contributed by atoms with E-state index in [1.54, 1.807) is 10.7 Å². The van der Waals surface area contributed by atoms with Gasteiger partial charge in [0.2, 0.25) is 5.88 Å². The molecule has 0 radical (unpaired) electrons. The quantitative estimate of drug-likeness (QED) is 0.686. The number of carbonyl (C=O) groups is 1. The topological polar surface area (TPSA) is 65.7 Å². The minimum absolute atomic E-state index is 0.204. The van der Waals surface area contributed by atoms with Crippen molar-refractivity contribution in [1.29, 1.82) is 0 Å². The highest BCUT2D eigenvalue weighted by atomic mass is 19.1. The maximum atomic E-state index is 12.9. The summed E-state index contributed by atoms with van der Waals surface area (Å²) in [5.74, 6) is 0.247. The highest BCUT2D eigenvalue weighted by Gasteiger charge is 2.07. The number of nitrogens with zero attached hydrogens (tertiary/aromatic N) is 3. The molecule has 6 nitrogen and oxygen atoms in total. The zero-order valence-electron chi connectivity index (χ0n) is 14.7. The van der Waals surface area contributed by atoms with Gasteiger partial charge < -0.3 is 9.47 Å². The number of ether oxygens (including phenoxy) is 2. The van der Waals surface area contributed by atoms with Crippen molar-refractivity contribution in [2.75, 3.05) is 6.61 Å². The summed E-state index contributed by atoms with van der Waals surface area (Å²) in [4.78, 5) is 15.9. The second-order valence-corrected chi connectivity index (χ2v) is 5.58. The van der Waals surface area contributed by atoms with E-state index in [1.807, 2.05) is 37.3 Å². The van der Waals surface area contributed by atoms with Crippen molar-refractivity contribution < 1.29 is 18.7 Å². The summed E-state index contributed by atoms with van der Waals surface area (Å²) >= 11 is 0. The van der Waals surface area contributed by atoms with Crippen LogP contribution in [0.2, 0.25) is 0 Å². The molecular weight excluding hydrogens is 349 g/mol. The Morgan fingerprint density at radius 2 is 1.89 bits per heavy atom. The van der Waals surface area contributed by atoms with Gasteiger partial charge in [-0.05, 0) is 42.8 Å². The minimum atomic E-state index is -0.831. The van der Waals surface area contributed by atoms with Gasteiger partial charge in [-0.25, -0.2) is 13.9 Å². The van der Waals surface area contributed by atoms with Gasteiger partial charge in [0.25, 0.3) is 0 Å². The van der Waals surface area contributed by atoms with Crippen LogP contribution >= 0.6 is 0 Å². The minimum Gasteiger partial charge on any atom is -0.478 e. The largest absolute Gasteiger partial charge is 0.478 e. The van der Waals surface area contributed by atoms with E-state index in [9.17, 15) is 9.18 Å². The van der Waals surface area contributed by atoms with E-state index in [0.29, 0.717) is 17.8 Å². The van der Waals surface area contributed by atoms with Crippen LogP contribution in [0.15, 0.2) is 71.9 Å². The van der Waals surface area contributed by atoms with Crippen molar-refractivity contribution in [3.05, 3.63) is 78.0 Å². The highest BCUT2D eigenvalue weighted by Crippen LogP contribution is 2.15. The lowest BCUT2D eigenvalue weighted by Gasteiger charge is -2.12. The first-order valence-electron chi connectivity index (χ1n) is 8.45. The number of para-hydroxylation sites is 1. The second kappa shape index (κ2) is 8.75. The Balaban J connectivity index is 1.87.